The lowest BCUT2D eigenvalue weighted by Gasteiger charge is -2.38. The Morgan fingerprint density at radius 2 is 1.56 bits per heavy atom. The zero-order valence-corrected chi connectivity index (χ0v) is 14.7. The third-order valence-corrected chi connectivity index (χ3v) is 4.73. The summed E-state index contributed by atoms with van der Waals surface area (Å²) in [6, 6.07) is 7.38. The van der Waals surface area contributed by atoms with E-state index in [0.29, 0.717) is 26.2 Å². The van der Waals surface area contributed by atoms with Crippen LogP contribution in [0.1, 0.15) is 6.92 Å². The number of carbonyl (C=O) groups excluding carboxylic acids is 1. The molecule has 3 rings (SSSR count). The van der Waals surface area contributed by atoms with E-state index in [4.69, 9.17) is 0 Å². The highest BCUT2D eigenvalue weighted by Crippen LogP contribution is 2.21. The van der Waals surface area contributed by atoms with Gasteiger partial charge in [0.2, 0.25) is 5.91 Å². The standard InChI is InChI=1S/C19H19F4N3O/c1-12(19(27)24-16-7-6-15(21)17(22)18(16)23)25-8-10-26(11-9-25)14-4-2-13(20)3-5-14/h2-7,12H,8-11H2,1H3,(H,24,27). The highest BCUT2D eigenvalue weighted by molar-refractivity contribution is 5.94. The average Bonchev–Trinajstić information content (AvgIpc) is 2.68. The monoisotopic (exact) mass is 381 g/mol. The Morgan fingerprint density at radius 1 is 0.926 bits per heavy atom. The van der Waals surface area contributed by atoms with Crippen molar-refractivity contribution in [2.75, 3.05) is 36.4 Å². The molecule has 2 aromatic rings. The molecule has 0 aliphatic carbocycles. The zero-order valence-electron chi connectivity index (χ0n) is 14.7. The van der Waals surface area contributed by atoms with Crippen LogP contribution in [0.25, 0.3) is 0 Å². The van der Waals surface area contributed by atoms with E-state index in [1.54, 1.807) is 19.1 Å². The maximum absolute atomic E-state index is 13.7. The first-order chi connectivity index (χ1) is 12.9. The molecule has 1 N–H and O–H groups in total. The minimum absolute atomic E-state index is 0.299. The van der Waals surface area contributed by atoms with Gasteiger partial charge in [0.05, 0.1) is 11.7 Å². The Morgan fingerprint density at radius 3 is 2.19 bits per heavy atom. The van der Waals surface area contributed by atoms with Gasteiger partial charge in [-0.25, -0.2) is 17.6 Å². The molecule has 0 radical (unpaired) electrons. The van der Waals surface area contributed by atoms with Crippen molar-refractivity contribution in [1.29, 1.82) is 0 Å². The van der Waals surface area contributed by atoms with Gasteiger partial charge in [0.25, 0.3) is 0 Å². The summed E-state index contributed by atoms with van der Waals surface area (Å²) in [4.78, 5) is 16.3. The van der Waals surface area contributed by atoms with Crippen molar-refractivity contribution < 1.29 is 22.4 Å². The summed E-state index contributed by atoms with van der Waals surface area (Å²) in [5.74, 6) is -5.15. The Kier molecular flexibility index (Phi) is 5.65. The predicted molar refractivity (Wildman–Crippen MR) is 94.6 cm³/mol. The van der Waals surface area contributed by atoms with Crippen LogP contribution in [0.4, 0.5) is 28.9 Å². The van der Waals surface area contributed by atoms with Gasteiger partial charge >= 0.3 is 0 Å². The molecule has 0 spiro atoms. The summed E-state index contributed by atoms with van der Waals surface area (Å²) in [6.07, 6.45) is 0. The van der Waals surface area contributed by atoms with Crippen molar-refractivity contribution in [1.82, 2.24) is 4.90 Å². The molecule has 1 unspecified atom stereocenters. The molecule has 0 saturated carbocycles. The lowest BCUT2D eigenvalue weighted by Crippen LogP contribution is -2.52. The van der Waals surface area contributed by atoms with E-state index < -0.39 is 35.1 Å². The van der Waals surface area contributed by atoms with E-state index in [-0.39, 0.29) is 5.82 Å². The number of nitrogens with zero attached hydrogens (tertiary/aromatic N) is 2. The second kappa shape index (κ2) is 7.96. The van der Waals surface area contributed by atoms with Crippen LogP contribution in [0.15, 0.2) is 36.4 Å². The molecule has 0 bridgehead atoms. The van der Waals surface area contributed by atoms with E-state index in [1.165, 1.54) is 12.1 Å². The summed E-state index contributed by atoms with van der Waals surface area (Å²) < 4.78 is 53.0. The fourth-order valence-electron chi connectivity index (χ4n) is 3.04. The number of nitrogens with one attached hydrogen (secondary N) is 1. The molecule has 1 aliphatic rings. The molecule has 8 heteroatoms. The molecule has 144 valence electrons. The first kappa shape index (κ1) is 19.2. The van der Waals surface area contributed by atoms with Gasteiger partial charge in [0.1, 0.15) is 5.82 Å². The summed E-state index contributed by atoms with van der Waals surface area (Å²) >= 11 is 0. The van der Waals surface area contributed by atoms with Crippen LogP contribution in [-0.2, 0) is 4.79 Å². The third kappa shape index (κ3) is 4.21. The number of hydrogen-bond donors (Lipinski definition) is 1. The number of amides is 1. The molecule has 1 atom stereocenters. The van der Waals surface area contributed by atoms with Gasteiger partial charge in [0.15, 0.2) is 17.5 Å². The van der Waals surface area contributed by atoms with Crippen LogP contribution in [0, 0.1) is 23.3 Å². The van der Waals surface area contributed by atoms with Gasteiger partial charge in [-0.2, -0.15) is 0 Å². The summed E-state index contributed by atoms with van der Waals surface area (Å²) in [5, 5.41) is 2.31. The highest BCUT2D eigenvalue weighted by Gasteiger charge is 2.26. The molecular weight excluding hydrogens is 362 g/mol. The lowest BCUT2D eigenvalue weighted by atomic mass is 10.2. The third-order valence-electron chi connectivity index (χ3n) is 4.73. The van der Waals surface area contributed by atoms with E-state index in [0.717, 1.165) is 17.8 Å². The molecule has 4 nitrogen and oxygen atoms in total. The van der Waals surface area contributed by atoms with Crippen molar-refractivity contribution in [2.24, 2.45) is 0 Å². The number of piperazine rings is 1. The molecule has 0 aromatic heterocycles. The maximum Gasteiger partial charge on any atom is 0.241 e. The molecule has 1 amide bonds. The van der Waals surface area contributed by atoms with E-state index in [1.807, 2.05) is 4.90 Å². The normalized spacial score (nSPS) is 16.3. The number of rotatable bonds is 4. The summed E-state index contributed by atoms with van der Waals surface area (Å²) in [5.41, 5.74) is 0.507. The second-order valence-electron chi connectivity index (χ2n) is 6.39. The highest BCUT2D eigenvalue weighted by atomic mass is 19.2. The van der Waals surface area contributed by atoms with Gasteiger partial charge < -0.3 is 10.2 Å². The van der Waals surface area contributed by atoms with E-state index >= 15 is 0 Å². The van der Waals surface area contributed by atoms with Gasteiger partial charge in [0, 0.05) is 31.9 Å². The van der Waals surface area contributed by atoms with Crippen LogP contribution < -0.4 is 10.2 Å². The molecule has 1 fully saturated rings. The van der Waals surface area contributed by atoms with E-state index in [9.17, 15) is 22.4 Å². The minimum Gasteiger partial charge on any atom is -0.369 e. The largest absolute Gasteiger partial charge is 0.369 e. The SMILES string of the molecule is CC(C(=O)Nc1ccc(F)c(F)c1F)N1CCN(c2ccc(F)cc2)CC1. The predicted octanol–water partition coefficient (Wildman–Crippen LogP) is 3.39. The average molecular weight is 381 g/mol. The number of anilines is 2. The second-order valence-corrected chi connectivity index (χ2v) is 6.39. The zero-order chi connectivity index (χ0) is 19.6. The quantitative estimate of drug-likeness (QED) is 0.652. The minimum atomic E-state index is -1.62. The number of benzene rings is 2. The van der Waals surface area contributed by atoms with Crippen LogP contribution >= 0.6 is 0 Å². The Labute approximate surface area is 154 Å². The van der Waals surface area contributed by atoms with Crippen LogP contribution in [-0.4, -0.2) is 43.0 Å². The molecule has 27 heavy (non-hydrogen) atoms. The summed E-state index contributed by atoms with van der Waals surface area (Å²) in [6.45, 7) is 4.10. The smallest absolute Gasteiger partial charge is 0.241 e. The van der Waals surface area contributed by atoms with Gasteiger partial charge in [-0.15, -0.1) is 0 Å². The van der Waals surface area contributed by atoms with Crippen LogP contribution in [0.5, 0.6) is 0 Å². The molecule has 2 aromatic carbocycles. The van der Waals surface area contributed by atoms with Crippen LogP contribution in [0.2, 0.25) is 0 Å². The number of carbonyl (C=O) groups is 1. The molecular formula is C19H19F4N3O. The Balaban J connectivity index is 1.58. The first-order valence-electron chi connectivity index (χ1n) is 8.55. The molecule has 1 saturated heterocycles. The number of hydrogen-bond acceptors (Lipinski definition) is 3. The maximum atomic E-state index is 13.7. The topological polar surface area (TPSA) is 35.6 Å². The van der Waals surface area contributed by atoms with Gasteiger partial charge in [-0.1, -0.05) is 0 Å². The molecule has 1 heterocycles. The fourth-order valence-corrected chi connectivity index (χ4v) is 3.04. The van der Waals surface area contributed by atoms with Crippen molar-refractivity contribution in [3.8, 4) is 0 Å². The molecule has 1 aliphatic heterocycles. The van der Waals surface area contributed by atoms with Crippen molar-refractivity contribution >= 4 is 17.3 Å². The summed E-state index contributed by atoms with van der Waals surface area (Å²) in [7, 11) is 0. The first-order valence-corrected chi connectivity index (χ1v) is 8.55. The van der Waals surface area contributed by atoms with Gasteiger partial charge in [-0.3, -0.25) is 9.69 Å². The Hall–Kier alpha value is -2.61. The van der Waals surface area contributed by atoms with Crippen molar-refractivity contribution in [3.05, 3.63) is 59.7 Å². The van der Waals surface area contributed by atoms with Gasteiger partial charge in [-0.05, 0) is 43.3 Å². The van der Waals surface area contributed by atoms with Crippen molar-refractivity contribution in [3.63, 3.8) is 0 Å². The van der Waals surface area contributed by atoms with E-state index in [2.05, 4.69) is 10.2 Å². The van der Waals surface area contributed by atoms with Crippen molar-refractivity contribution in [2.45, 2.75) is 13.0 Å². The lowest BCUT2D eigenvalue weighted by molar-refractivity contribution is -0.120. The fraction of sp³-hybridized carbons (Fsp3) is 0.316. The number of halogens is 4. The van der Waals surface area contributed by atoms with Crippen LogP contribution in [0.3, 0.4) is 0 Å². The Bertz CT molecular complexity index is 820.